The fourth-order valence-corrected chi connectivity index (χ4v) is 1.78. The summed E-state index contributed by atoms with van der Waals surface area (Å²) in [6.07, 6.45) is 2.11. The van der Waals surface area contributed by atoms with E-state index in [0.717, 1.165) is 25.9 Å². The predicted molar refractivity (Wildman–Crippen MR) is 57.8 cm³/mol. The minimum Gasteiger partial charge on any atom is -0.341 e. The van der Waals surface area contributed by atoms with Gasteiger partial charge in [-0.05, 0) is 18.8 Å². The predicted octanol–water partition coefficient (Wildman–Crippen LogP) is 1.23. The molecule has 1 heterocycles. The minimum atomic E-state index is 0.125. The molecular formula is C11H22N2O. The maximum atomic E-state index is 12.0. The zero-order valence-electron chi connectivity index (χ0n) is 9.49. The molecule has 2 N–H and O–H groups in total. The molecule has 3 nitrogen and oxygen atoms in total. The van der Waals surface area contributed by atoms with E-state index in [-0.39, 0.29) is 17.9 Å². The molecule has 82 valence electrons. The number of rotatable bonds is 2. The molecule has 1 aliphatic heterocycles. The Morgan fingerprint density at radius 1 is 1.43 bits per heavy atom. The first-order valence-corrected chi connectivity index (χ1v) is 5.56. The van der Waals surface area contributed by atoms with E-state index in [1.54, 1.807) is 0 Å². The molecule has 0 aromatic rings. The van der Waals surface area contributed by atoms with Gasteiger partial charge in [0.25, 0.3) is 0 Å². The molecule has 0 aromatic heterocycles. The van der Waals surface area contributed by atoms with Crippen molar-refractivity contribution in [2.75, 3.05) is 13.1 Å². The number of amides is 1. The number of nitrogens with two attached hydrogens (primary N) is 1. The maximum Gasteiger partial charge on any atom is 0.225 e. The molecular weight excluding hydrogens is 176 g/mol. The molecule has 0 saturated carbocycles. The van der Waals surface area contributed by atoms with Crippen molar-refractivity contribution in [3.05, 3.63) is 0 Å². The van der Waals surface area contributed by atoms with Crippen LogP contribution < -0.4 is 5.73 Å². The Balaban J connectivity index is 2.51. The van der Waals surface area contributed by atoms with Crippen LogP contribution in [0.1, 0.15) is 33.6 Å². The highest BCUT2D eigenvalue weighted by Gasteiger charge is 2.26. The number of nitrogens with zero attached hydrogens (tertiary/aromatic N) is 1. The summed E-state index contributed by atoms with van der Waals surface area (Å²) in [6.45, 7) is 7.82. The number of carbonyl (C=O) groups excluding carboxylic acids is 1. The van der Waals surface area contributed by atoms with Crippen LogP contribution in [0.5, 0.6) is 0 Å². The summed E-state index contributed by atoms with van der Waals surface area (Å²) in [7, 11) is 0. The van der Waals surface area contributed by atoms with Gasteiger partial charge in [0.05, 0.1) is 0 Å². The normalized spacial score (nSPS) is 25.2. The third-order valence-corrected chi connectivity index (χ3v) is 3.16. The molecule has 3 heteroatoms. The summed E-state index contributed by atoms with van der Waals surface area (Å²) in [6, 6.07) is 0.187. The molecule has 0 aliphatic carbocycles. The van der Waals surface area contributed by atoms with Gasteiger partial charge in [-0.3, -0.25) is 4.79 Å². The SMILES string of the molecule is CC(C)C(C)C(=O)N1CCC[C@@H](N)C1. The van der Waals surface area contributed by atoms with Crippen LogP contribution in [0.3, 0.4) is 0 Å². The molecule has 0 radical (unpaired) electrons. The van der Waals surface area contributed by atoms with Gasteiger partial charge in [-0.25, -0.2) is 0 Å². The molecule has 0 aromatic carbocycles. The topological polar surface area (TPSA) is 46.3 Å². The number of piperidine rings is 1. The summed E-state index contributed by atoms with van der Waals surface area (Å²) in [5.41, 5.74) is 5.85. The minimum absolute atomic E-state index is 0.125. The first-order chi connectivity index (χ1) is 6.52. The standard InChI is InChI=1S/C11H22N2O/c1-8(2)9(3)11(14)13-6-4-5-10(12)7-13/h8-10H,4-7,12H2,1-3H3/t9?,10-/m1/s1. The Labute approximate surface area is 86.6 Å². The molecule has 14 heavy (non-hydrogen) atoms. The fourth-order valence-electron chi connectivity index (χ4n) is 1.78. The molecule has 1 aliphatic rings. The lowest BCUT2D eigenvalue weighted by Gasteiger charge is -2.33. The highest BCUT2D eigenvalue weighted by Crippen LogP contribution is 2.16. The van der Waals surface area contributed by atoms with Gasteiger partial charge in [0.15, 0.2) is 0 Å². The summed E-state index contributed by atoms with van der Waals surface area (Å²) < 4.78 is 0. The van der Waals surface area contributed by atoms with E-state index in [2.05, 4.69) is 13.8 Å². The molecule has 1 saturated heterocycles. The zero-order chi connectivity index (χ0) is 10.7. The third kappa shape index (κ3) is 2.71. The van der Waals surface area contributed by atoms with E-state index in [1.165, 1.54) is 0 Å². The smallest absolute Gasteiger partial charge is 0.225 e. The van der Waals surface area contributed by atoms with Crippen LogP contribution in [0.25, 0.3) is 0 Å². The number of carbonyl (C=O) groups is 1. The second kappa shape index (κ2) is 4.78. The fraction of sp³-hybridized carbons (Fsp3) is 0.909. The van der Waals surface area contributed by atoms with Crippen LogP contribution >= 0.6 is 0 Å². The van der Waals surface area contributed by atoms with Crippen LogP contribution in [0.2, 0.25) is 0 Å². The molecule has 0 bridgehead atoms. The number of hydrogen-bond donors (Lipinski definition) is 1. The van der Waals surface area contributed by atoms with Crippen molar-refractivity contribution in [3.8, 4) is 0 Å². The van der Waals surface area contributed by atoms with Crippen LogP contribution in [0, 0.1) is 11.8 Å². The van der Waals surface area contributed by atoms with Crippen LogP contribution in [0.4, 0.5) is 0 Å². The molecule has 1 amide bonds. The molecule has 2 atom stereocenters. The zero-order valence-corrected chi connectivity index (χ0v) is 9.49. The van der Waals surface area contributed by atoms with E-state index < -0.39 is 0 Å². The Morgan fingerprint density at radius 3 is 2.57 bits per heavy atom. The van der Waals surface area contributed by atoms with Crippen LogP contribution in [-0.4, -0.2) is 29.9 Å². The molecule has 1 rings (SSSR count). The van der Waals surface area contributed by atoms with Crippen molar-refractivity contribution >= 4 is 5.91 Å². The van der Waals surface area contributed by atoms with E-state index in [1.807, 2.05) is 11.8 Å². The van der Waals surface area contributed by atoms with E-state index in [0.29, 0.717) is 5.92 Å². The first kappa shape index (κ1) is 11.5. The van der Waals surface area contributed by atoms with Gasteiger partial charge in [-0.2, -0.15) is 0 Å². The quantitative estimate of drug-likeness (QED) is 0.725. The first-order valence-electron chi connectivity index (χ1n) is 5.56. The van der Waals surface area contributed by atoms with Crippen LogP contribution in [0.15, 0.2) is 0 Å². The lowest BCUT2D eigenvalue weighted by Crippen LogP contribution is -2.48. The number of hydrogen-bond acceptors (Lipinski definition) is 2. The lowest BCUT2D eigenvalue weighted by atomic mass is 9.95. The van der Waals surface area contributed by atoms with Gasteiger partial charge < -0.3 is 10.6 Å². The summed E-state index contributed by atoms with van der Waals surface area (Å²) in [4.78, 5) is 13.9. The number of likely N-dealkylation sites (tertiary alicyclic amines) is 1. The molecule has 1 fully saturated rings. The second-order valence-corrected chi connectivity index (χ2v) is 4.72. The molecule has 1 unspecified atom stereocenters. The maximum absolute atomic E-state index is 12.0. The lowest BCUT2D eigenvalue weighted by molar-refractivity contribution is -0.137. The molecule has 0 spiro atoms. The third-order valence-electron chi connectivity index (χ3n) is 3.16. The van der Waals surface area contributed by atoms with Crippen molar-refractivity contribution in [1.82, 2.24) is 4.90 Å². The van der Waals surface area contributed by atoms with Gasteiger partial charge in [-0.15, -0.1) is 0 Å². The summed E-state index contributed by atoms with van der Waals surface area (Å²) in [5.74, 6) is 0.816. The summed E-state index contributed by atoms with van der Waals surface area (Å²) >= 11 is 0. The second-order valence-electron chi connectivity index (χ2n) is 4.72. The van der Waals surface area contributed by atoms with Crippen molar-refractivity contribution in [2.24, 2.45) is 17.6 Å². The Morgan fingerprint density at radius 2 is 2.07 bits per heavy atom. The highest BCUT2D eigenvalue weighted by molar-refractivity contribution is 5.78. The average Bonchev–Trinajstić information content (AvgIpc) is 2.15. The van der Waals surface area contributed by atoms with Crippen molar-refractivity contribution in [1.29, 1.82) is 0 Å². The largest absolute Gasteiger partial charge is 0.341 e. The van der Waals surface area contributed by atoms with Gasteiger partial charge in [0.2, 0.25) is 5.91 Å². The van der Waals surface area contributed by atoms with Gasteiger partial charge in [0.1, 0.15) is 0 Å². The van der Waals surface area contributed by atoms with Gasteiger partial charge in [-0.1, -0.05) is 20.8 Å². The Bertz CT molecular complexity index is 203. The average molecular weight is 198 g/mol. The van der Waals surface area contributed by atoms with E-state index in [9.17, 15) is 4.79 Å². The Hall–Kier alpha value is -0.570. The van der Waals surface area contributed by atoms with Crippen LogP contribution in [-0.2, 0) is 4.79 Å². The highest BCUT2D eigenvalue weighted by atomic mass is 16.2. The van der Waals surface area contributed by atoms with Crippen molar-refractivity contribution < 1.29 is 4.79 Å². The van der Waals surface area contributed by atoms with Gasteiger partial charge in [0, 0.05) is 25.0 Å². The van der Waals surface area contributed by atoms with E-state index in [4.69, 9.17) is 5.73 Å². The monoisotopic (exact) mass is 198 g/mol. The van der Waals surface area contributed by atoms with Crippen molar-refractivity contribution in [2.45, 2.75) is 39.7 Å². The van der Waals surface area contributed by atoms with E-state index >= 15 is 0 Å². The Kier molecular flexibility index (Phi) is 3.93. The summed E-state index contributed by atoms with van der Waals surface area (Å²) in [5, 5.41) is 0. The van der Waals surface area contributed by atoms with Gasteiger partial charge >= 0.3 is 0 Å². The van der Waals surface area contributed by atoms with Crippen molar-refractivity contribution in [3.63, 3.8) is 0 Å².